The fourth-order valence-corrected chi connectivity index (χ4v) is 1.42. The van der Waals surface area contributed by atoms with Crippen molar-refractivity contribution in [2.24, 2.45) is 5.73 Å². The predicted octanol–water partition coefficient (Wildman–Crippen LogP) is 2.26. The van der Waals surface area contributed by atoms with Gasteiger partial charge in [0.15, 0.2) is 0 Å². The topological polar surface area (TPSA) is 55.1 Å². The largest absolute Gasteiger partial charge is 0.327 e. The lowest BCUT2D eigenvalue weighted by atomic mass is 10.2. The number of halogens is 2. The predicted molar refractivity (Wildman–Crippen MR) is 61.0 cm³/mol. The fourth-order valence-electron chi connectivity index (χ4n) is 1.08. The molecule has 0 fully saturated rings. The molecule has 1 amide bonds. The quantitative estimate of drug-likeness (QED) is 0.889. The number of benzene rings is 1. The molecule has 0 saturated carbocycles. The number of rotatable bonds is 3. The lowest BCUT2D eigenvalue weighted by Crippen LogP contribution is -2.24. The van der Waals surface area contributed by atoms with Gasteiger partial charge in [-0.1, -0.05) is 15.9 Å². The van der Waals surface area contributed by atoms with E-state index in [0.29, 0.717) is 4.47 Å². The van der Waals surface area contributed by atoms with Crippen molar-refractivity contribution in [3.8, 4) is 0 Å². The number of carbonyl (C=O) groups is 1. The molecule has 1 aromatic rings. The average Bonchev–Trinajstić information content (AvgIpc) is 2.08. The van der Waals surface area contributed by atoms with Crippen LogP contribution < -0.4 is 11.1 Å². The van der Waals surface area contributed by atoms with Crippen molar-refractivity contribution in [2.45, 2.75) is 19.4 Å². The third-order valence-corrected chi connectivity index (χ3v) is 2.21. The highest BCUT2D eigenvalue weighted by Crippen LogP contribution is 2.19. The number of anilines is 1. The molecule has 0 aliphatic carbocycles. The summed E-state index contributed by atoms with van der Waals surface area (Å²) in [6.45, 7) is 1.72. The summed E-state index contributed by atoms with van der Waals surface area (Å²) in [5.41, 5.74) is 5.62. The molecule has 0 radical (unpaired) electrons. The zero-order chi connectivity index (χ0) is 11.4. The molecule has 5 heteroatoms. The van der Waals surface area contributed by atoms with Crippen molar-refractivity contribution < 1.29 is 9.18 Å². The molecule has 0 bridgehead atoms. The first-order valence-electron chi connectivity index (χ1n) is 4.49. The number of hydrogen-bond donors (Lipinski definition) is 2. The number of carbonyl (C=O) groups excluding carboxylic acids is 1. The third-order valence-electron chi connectivity index (χ3n) is 1.71. The second-order valence-electron chi connectivity index (χ2n) is 3.35. The Balaban J connectivity index is 2.68. The van der Waals surface area contributed by atoms with Crippen LogP contribution in [0, 0.1) is 5.82 Å². The van der Waals surface area contributed by atoms with Gasteiger partial charge < -0.3 is 11.1 Å². The van der Waals surface area contributed by atoms with E-state index in [-0.39, 0.29) is 24.1 Å². The van der Waals surface area contributed by atoms with Gasteiger partial charge in [-0.25, -0.2) is 4.39 Å². The minimum atomic E-state index is -0.470. The van der Waals surface area contributed by atoms with Crippen LogP contribution in [0.3, 0.4) is 0 Å². The molecule has 1 atom stereocenters. The number of amides is 1. The number of hydrogen-bond acceptors (Lipinski definition) is 2. The zero-order valence-electron chi connectivity index (χ0n) is 8.26. The molecule has 1 unspecified atom stereocenters. The molecular weight excluding hydrogens is 263 g/mol. The van der Waals surface area contributed by atoms with Gasteiger partial charge in [-0.3, -0.25) is 4.79 Å². The summed E-state index contributed by atoms with van der Waals surface area (Å²) in [5.74, 6) is -0.756. The minimum Gasteiger partial charge on any atom is -0.327 e. The molecule has 0 aliphatic heterocycles. The summed E-state index contributed by atoms with van der Waals surface area (Å²) in [4.78, 5) is 11.3. The highest BCUT2D eigenvalue weighted by molar-refractivity contribution is 9.10. The summed E-state index contributed by atoms with van der Waals surface area (Å²) in [7, 11) is 0. The summed E-state index contributed by atoms with van der Waals surface area (Å²) >= 11 is 3.13. The van der Waals surface area contributed by atoms with Gasteiger partial charge in [-0.2, -0.15) is 0 Å². The van der Waals surface area contributed by atoms with Gasteiger partial charge >= 0.3 is 0 Å². The van der Waals surface area contributed by atoms with Gasteiger partial charge in [0.25, 0.3) is 0 Å². The van der Waals surface area contributed by atoms with Crippen LogP contribution in [0.1, 0.15) is 13.3 Å². The third kappa shape index (κ3) is 3.97. The average molecular weight is 275 g/mol. The molecule has 0 aliphatic rings. The Morgan fingerprint density at radius 3 is 2.87 bits per heavy atom. The van der Waals surface area contributed by atoms with Crippen molar-refractivity contribution in [1.29, 1.82) is 0 Å². The molecule has 1 aromatic carbocycles. The molecule has 0 spiro atoms. The Kier molecular flexibility index (Phi) is 4.23. The van der Waals surface area contributed by atoms with Crippen LogP contribution in [0.15, 0.2) is 22.7 Å². The summed E-state index contributed by atoms with van der Waals surface area (Å²) in [5, 5.41) is 2.45. The van der Waals surface area contributed by atoms with Crippen LogP contribution in [0.5, 0.6) is 0 Å². The first kappa shape index (κ1) is 12.1. The van der Waals surface area contributed by atoms with E-state index in [2.05, 4.69) is 21.2 Å². The van der Waals surface area contributed by atoms with Crippen LogP contribution in [0.4, 0.5) is 10.1 Å². The maximum atomic E-state index is 13.3. The van der Waals surface area contributed by atoms with Crippen molar-refractivity contribution in [1.82, 2.24) is 0 Å². The molecule has 82 valence electrons. The monoisotopic (exact) mass is 274 g/mol. The Hall–Kier alpha value is -0.940. The van der Waals surface area contributed by atoms with E-state index in [1.165, 1.54) is 12.1 Å². The highest BCUT2D eigenvalue weighted by atomic mass is 79.9. The van der Waals surface area contributed by atoms with E-state index in [4.69, 9.17) is 5.73 Å². The van der Waals surface area contributed by atoms with Crippen LogP contribution in [0.25, 0.3) is 0 Å². The Morgan fingerprint density at radius 1 is 1.67 bits per heavy atom. The molecule has 1 rings (SSSR count). The zero-order valence-corrected chi connectivity index (χ0v) is 9.84. The summed E-state index contributed by atoms with van der Waals surface area (Å²) < 4.78 is 13.9. The van der Waals surface area contributed by atoms with Crippen molar-refractivity contribution in [3.05, 3.63) is 28.5 Å². The van der Waals surface area contributed by atoms with Crippen molar-refractivity contribution >= 4 is 27.5 Å². The van der Waals surface area contributed by atoms with E-state index in [1.54, 1.807) is 13.0 Å². The van der Waals surface area contributed by atoms with E-state index in [9.17, 15) is 9.18 Å². The van der Waals surface area contributed by atoms with Crippen LogP contribution in [-0.4, -0.2) is 11.9 Å². The molecule has 3 nitrogen and oxygen atoms in total. The van der Waals surface area contributed by atoms with Gasteiger partial charge in [0.2, 0.25) is 5.91 Å². The van der Waals surface area contributed by atoms with E-state index in [1.807, 2.05) is 0 Å². The number of nitrogens with one attached hydrogen (secondary N) is 1. The van der Waals surface area contributed by atoms with Crippen molar-refractivity contribution in [3.63, 3.8) is 0 Å². The molecule has 3 N–H and O–H groups in total. The van der Waals surface area contributed by atoms with Gasteiger partial charge in [-0.05, 0) is 25.1 Å². The molecular formula is C10H12BrFN2O. The smallest absolute Gasteiger partial charge is 0.225 e. The van der Waals surface area contributed by atoms with Gasteiger partial charge in [0.1, 0.15) is 5.82 Å². The van der Waals surface area contributed by atoms with Crippen LogP contribution in [0.2, 0.25) is 0 Å². The lowest BCUT2D eigenvalue weighted by molar-refractivity contribution is -0.116. The van der Waals surface area contributed by atoms with Crippen molar-refractivity contribution in [2.75, 3.05) is 5.32 Å². The minimum absolute atomic E-state index is 0.170. The molecule has 0 heterocycles. The summed E-state index contributed by atoms with van der Waals surface area (Å²) in [6, 6.07) is 4.22. The molecule has 0 aromatic heterocycles. The Labute approximate surface area is 96.0 Å². The van der Waals surface area contributed by atoms with Gasteiger partial charge in [-0.15, -0.1) is 0 Å². The van der Waals surface area contributed by atoms with E-state index < -0.39 is 5.82 Å². The van der Waals surface area contributed by atoms with Gasteiger partial charge in [0, 0.05) is 16.9 Å². The second-order valence-corrected chi connectivity index (χ2v) is 4.27. The van der Waals surface area contributed by atoms with Crippen LogP contribution in [-0.2, 0) is 4.79 Å². The van der Waals surface area contributed by atoms with Crippen LogP contribution >= 0.6 is 15.9 Å². The highest BCUT2D eigenvalue weighted by Gasteiger charge is 2.08. The van der Waals surface area contributed by atoms with E-state index in [0.717, 1.165) is 0 Å². The fraction of sp³-hybridized carbons (Fsp3) is 0.300. The second kappa shape index (κ2) is 5.23. The van der Waals surface area contributed by atoms with Gasteiger partial charge in [0.05, 0.1) is 5.69 Å². The van der Waals surface area contributed by atoms with E-state index >= 15 is 0 Å². The lowest BCUT2D eigenvalue weighted by Gasteiger charge is -2.08. The number of nitrogens with two attached hydrogens (primary N) is 1. The SMILES string of the molecule is CC(N)CC(=O)Nc1ccc(Br)cc1F. The first-order valence-corrected chi connectivity index (χ1v) is 5.29. The first-order chi connectivity index (χ1) is 6.99. The summed E-state index contributed by atoms with van der Waals surface area (Å²) in [6.07, 6.45) is 0.176. The Morgan fingerprint density at radius 2 is 2.33 bits per heavy atom. The normalized spacial score (nSPS) is 12.3. The maximum Gasteiger partial charge on any atom is 0.225 e. The standard InChI is InChI=1S/C10H12BrFN2O/c1-6(13)4-10(15)14-9-3-2-7(11)5-8(9)12/h2-3,5-6H,4,13H2,1H3,(H,14,15). The molecule has 0 saturated heterocycles. The molecule has 15 heavy (non-hydrogen) atoms. The maximum absolute atomic E-state index is 13.3. The Bertz CT molecular complexity index is 368.